The Morgan fingerprint density at radius 2 is 1.72 bits per heavy atom. The van der Waals surface area contributed by atoms with Gasteiger partial charge < -0.3 is 5.11 Å². The van der Waals surface area contributed by atoms with E-state index in [1.54, 1.807) is 13.8 Å². The van der Waals surface area contributed by atoms with Crippen molar-refractivity contribution >= 4 is 33.2 Å². The number of sulfonamides is 1. The predicted molar refractivity (Wildman–Crippen MR) is 72.5 cm³/mol. The molecule has 1 aromatic rings. The number of aliphatic hydroxyl groups is 1. The molecule has 2 N–H and O–H groups in total. The maximum atomic E-state index is 12.0. The molecule has 1 aromatic carbocycles. The third-order valence-corrected chi connectivity index (χ3v) is 4.13. The van der Waals surface area contributed by atoms with Crippen molar-refractivity contribution in [1.82, 2.24) is 4.72 Å². The Morgan fingerprint density at radius 3 is 2.17 bits per heavy atom. The molecule has 0 spiro atoms. The molecule has 0 saturated carbocycles. The van der Waals surface area contributed by atoms with Crippen molar-refractivity contribution < 1.29 is 13.5 Å². The van der Waals surface area contributed by atoms with E-state index in [0.717, 1.165) is 0 Å². The highest BCUT2D eigenvalue weighted by molar-refractivity contribution is 7.89. The van der Waals surface area contributed by atoms with Gasteiger partial charge in [0.1, 0.15) is 0 Å². The number of halogens is 2. The summed E-state index contributed by atoms with van der Waals surface area (Å²) in [5.74, 6) is 0. The summed E-state index contributed by atoms with van der Waals surface area (Å²) < 4.78 is 26.4. The van der Waals surface area contributed by atoms with Crippen LogP contribution in [-0.2, 0) is 10.0 Å². The van der Waals surface area contributed by atoms with Crippen LogP contribution in [0.5, 0.6) is 0 Å². The van der Waals surface area contributed by atoms with Crippen molar-refractivity contribution in [3.8, 4) is 0 Å². The van der Waals surface area contributed by atoms with Crippen LogP contribution >= 0.6 is 23.2 Å². The van der Waals surface area contributed by atoms with Gasteiger partial charge in [-0.2, -0.15) is 0 Å². The summed E-state index contributed by atoms with van der Waals surface area (Å²) in [4.78, 5) is 0.00809. The first kappa shape index (κ1) is 15.7. The highest BCUT2D eigenvalue weighted by atomic mass is 35.5. The molecule has 18 heavy (non-hydrogen) atoms. The van der Waals surface area contributed by atoms with Crippen molar-refractivity contribution in [2.45, 2.75) is 18.7 Å². The lowest BCUT2D eigenvalue weighted by Gasteiger charge is -2.21. The number of hydrogen-bond donors (Lipinski definition) is 2. The second kappa shape index (κ2) is 5.75. The van der Waals surface area contributed by atoms with Crippen LogP contribution in [0.2, 0.25) is 10.0 Å². The van der Waals surface area contributed by atoms with Gasteiger partial charge in [-0.1, -0.05) is 37.0 Å². The van der Waals surface area contributed by atoms with Gasteiger partial charge in [0.05, 0.1) is 4.90 Å². The standard InChI is InChI=1S/C11H15Cl2NO3S/c1-11(2,7-15)6-14-18(16,17)10-4-8(12)3-9(13)5-10/h3-5,14-15H,6-7H2,1-2H3. The number of aliphatic hydroxyl groups excluding tert-OH is 1. The molecule has 0 radical (unpaired) electrons. The third kappa shape index (κ3) is 4.40. The van der Waals surface area contributed by atoms with Gasteiger partial charge in [0.15, 0.2) is 0 Å². The molecule has 0 bridgehead atoms. The van der Waals surface area contributed by atoms with Crippen LogP contribution in [0, 0.1) is 5.41 Å². The molecule has 0 aromatic heterocycles. The van der Waals surface area contributed by atoms with E-state index < -0.39 is 15.4 Å². The van der Waals surface area contributed by atoms with Crippen LogP contribution in [0.3, 0.4) is 0 Å². The van der Waals surface area contributed by atoms with Gasteiger partial charge in [0.25, 0.3) is 0 Å². The molecule has 0 unspecified atom stereocenters. The number of nitrogens with one attached hydrogen (secondary N) is 1. The predicted octanol–water partition coefficient (Wildman–Crippen LogP) is 2.29. The molecular formula is C11H15Cl2NO3S. The molecule has 0 aliphatic carbocycles. The molecule has 0 heterocycles. The van der Waals surface area contributed by atoms with E-state index in [0.29, 0.717) is 0 Å². The van der Waals surface area contributed by atoms with E-state index in [9.17, 15) is 8.42 Å². The van der Waals surface area contributed by atoms with Gasteiger partial charge in [0.2, 0.25) is 10.0 Å². The zero-order valence-electron chi connectivity index (χ0n) is 10.1. The molecule has 4 nitrogen and oxygen atoms in total. The zero-order chi connectivity index (χ0) is 14.0. The summed E-state index contributed by atoms with van der Waals surface area (Å²) in [6.45, 7) is 3.50. The van der Waals surface area contributed by atoms with E-state index in [-0.39, 0.29) is 28.1 Å². The van der Waals surface area contributed by atoms with Crippen LogP contribution < -0.4 is 4.72 Å². The first-order valence-electron chi connectivity index (χ1n) is 5.23. The zero-order valence-corrected chi connectivity index (χ0v) is 12.4. The second-order valence-corrected chi connectivity index (χ2v) is 7.39. The van der Waals surface area contributed by atoms with Gasteiger partial charge in [-0.25, -0.2) is 13.1 Å². The SMILES string of the molecule is CC(C)(CO)CNS(=O)(=O)c1cc(Cl)cc(Cl)c1. The van der Waals surface area contributed by atoms with Crippen LogP contribution in [-0.4, -0.2) is 26.7 Å². The fourth-order valence-corrected chi connectivity index (χ4v) is 3.08. The van der Waals surface area contributed by atoms with Crippen LogP contribution in [0.1, 0.15) is 13.8 Å². The lowest BCUT2D eigenvalue weighted by molar-refractivity contribution is 0.163. The monoisotopic (exact) mass is 311 g/mol. The van der Waals surface area contributed by atoms with Gasteiger partial charge in [0, 0.05) is 28.6 Å². The largest absolute Gasteiger partial charge is 0.396 e. The Bertz CT molecular complexity index is 509. The Morgan fingerprint density at radius 1 is 1.22 bits per heavy atom. The van der Waals surface area contributed by atoms with Crippen LogP contribution in [0.25, 0.3) is 0 Å². The second-order valence-electron chi connectivity index (χ2n) is 4.75. The van der Waals surface area contributed by atoms with Crippen molar-refractivity contribution in [2.75, 3.05) is 13.2 Å². The maximum absolute atomic E-state index is 12.0. The molecular weight excluding hydrogens is 297 g/mol. The van der Waals surface area contributed by atoms with E-state index in [2.05, 4.69) is 4.72 Å². The van der Waals surface area contributed by atoms with Gasteiger partial charge in [-0.05, 0) is 18.2 Å². The molecule has 0 aliphatic heterocycles. The average Bonchev–Trinajstić information content (AvgIpc) is 2.25. The minimum Gasteiger partial charge on any atom is -0.396 e. The lowest BCUT2D eigenvalue weighted by Crippen LogP contribution is -2.36. The molecule has 0 amide bonds. The summed E-state index contributed by atoms with van der Waals surface area (Å²) in [6, 6.07) is 4.10. The topological polar surface area (TPSA) is 66.4 Å². The van der Waals surface area contributed by atoms with Gasteiger partial charge in [-0.3, -0.25) is 0 Å². The van der Waals surface area contributed by atoms with Crippen molar-refractivity contribution in [3.63, 3.8) is 0 Å². The van der Waals surface area contributed by atoms with E-state index in [1.165, 1.54) is 18.2 Å². The van der Waals surface area contributed by atoms with Gasteiger partial charge >= 0.3 is 0 Å². The summed E-state index contributed by atoms with van der Waals surface area (Å²) in [6.07, 6.45) is 0. The van der Waals surface area contributed by atoms with Crippen molar-refractivity contribution in [3.05, 3.63) is 28.2 Å². The molecule has 0 aliphatic rings. The van der Waals surface area contributed by atoms with Crippen molar-refractivity contribution in [2.24, 2.45) is 5.41 Å². The molecule has 1 rings (SSSR count). The molecule has 7 heteroatoms. The Hall–Kier alpha value is -0.330. The summed E-state index contributed by atoms with van der Waals surface area (Å²) in [7, 11) is -3.68. The Balaban J connectivity index is 2.93. The number of hydrogen-bond acceptors (Lipinski definition) is 3. The Labute approximate surface area is 117 Å². The van der Waals surface area contributed by atoms with E-state index in [1.807, 2.05) is 0 Å². The molecule has 0 atom stereocenters. The fourth-order valence-electron chi connectivity index (χ4n) is 1.11. The van der Waals surface area contributed by atoms with Crippen LogP contribution in [0.4, 0.5) is 0 Å². The van der Waals surface area contributed by atoms with E-state index in [4.69, 9.17) is 28.3 Å². The van der Waals surface area contributed by atoms with Crippen LogP contribution in [0.15, 0.2) is 23.1 Å². The van der Waals surface area contributed by atoms with Crippen molar-refractivity contribution in [1.29, 1.82) is 0 Å². The Kier molecular flexibility index (Phi) is 5.03. The smallest absolute Gasteiger partial charge is 0.240 e. The number of rotatable bonds is 5. The average molecular weight is 312 g/mol. The highest BCUT2D eigenvalue weighted by Crippen LogP contribution is 2.22. The fraction of sp³-hybridized carbons (Fsp3) is 0.455. The van der Waals surface area contributed by atoms with E-state index >= 15 is 0 Å². The number of benzene rings is 1. The molecule has 0 fully saturated rings. The minimum absolute atomic E-state index is 0.00809. The first-order chi connectivity index (χ1) is 8.16. The minimum atomic E-state index is -3.68. The quantitative estimate of drug-likeness (QED) is 0.876. The summed E-state index contributed by atoms with van der Waals surface area (Å²) in [5, 5.41) is 9.58. The molecule has 0 saturated heterocycles. The summed E-state index contributed by atoms with van der Waals surface area (Å²) in [5.41, 5.74) is -0.532. The van der Waals surface area contributed by atoms with Gasteiger partial charge in [-0.15, -0.1) is 0 Å². The molecule has 102 valence electrons. The lowest BCUT2D eigenvalue weighted by atomic mass is 9.96. The maximum Gasteiger partial charge on any atom is 0.240 e. The summed E-state index contributed by atoms with van der Waals surface area (Å²) >= 11 is 11.5. The normalized spacial score (nSPS) is 12.7. The first-order valence-corrected chi connectivity index (χ1v) is 7.47. The highest BCUT2D eigenvalue weighted by Gasteiger charge is 2.22. The third-order valence-electron chi connectivity index (χ3n) is 2.32.